The minimum absolute atomic E-state index is 0.142. The van der Waals surface area contributed by atoms with E-state index >= 15 is 0 Å². The number of fused-ring (bicyclic) bond motifs is 1. The number of nitrogens with zero attached hydrogens (tertiary/aromatic N) is 5. The van der Waals surface area contributed by atoms with E-state index in [2.05, 4.69) is 15.3 Å². The van der Waals surface area contributed by atoms with Gasteiger partial charge in [0.2, 0.25) is 0 Å². The molecule has 0 fully saturated rings. The van der Waals surface area contributed by atoms with Crippen LogP contribution in [0.4, 0.5) is 0 Å². The molecule has 3 aromatic carbocycles. The number of phenols is 1. The van der Waals surface area contributed by atoms with E-state index < -0.39 is 12.0 Å². The molecule has 1 atom stereocenters. The van der Waals surface area contributed by atoms with Gasteiger partial charge in [-0.3, -0.25) is 9.36 Å². The molecular formula is C31H25N5O4S. The summed E-state index contributed by atoms with van der Waals surface area (Å²) in [4.78, 5) is 32.1. The number of carbonyl (C=O) groups excluding carboxylic acids is 1. The molecule has 5 aromatic rings. The maximum atomic E-state index is 14.0. The molecule has 0 saturated heterocycles. The van der Waals surface area contributed by atoms with Crippen LogP contribution >= 0.6 is 11.3 Å². The molecule has 10 heteroatoms. The van der Waals surface area contributed by atoms with Crippen molar-refractivity contribution >= 4 is 23.4 Å². The summed E-state index contributed by atoms with van der Waals surface area (Å²) in [5, 5.41) is 18.4. The Labute approximate surface area is 238 Å². The van der Waals surface area contributed by atoms with Crippen LogP contribution < -0.4 is 14.9 Å². The normalized spacial score (nSPS) is 15.0. The lowest BCUT2D eigenvalue weighted by atomic mass is 9.96. The first-order chi connectivity index (χ1) is 19.9. The van der Waals surface area contributed by atoms with Crippen molar-refractivity contribution in [3.63, 3.8) is 0 Å². The zero-order chi connectivity index (χ0) is 28.5. The lowest BCUT2D eigenvalue weighted by Crippen LogP contribution is -2.39. The molecule has 3 heterocycles. The van der Waals surface area contributed by atoms with Crippen molar-refractivity contribution in [2.45, 2.75) is 19.9 Å². The summed E-state index contributed by atoms with van der Waals surface area (Å²) in [6, 6.07) is 23.1. The molecule has 0 amide bonds. The quantitative estimate of drug-likeness (QED) is 0.315. The first-order valence-electron chi connectivity index (χ1n) is 13.0. The van der Waals surface area contributed by atoms with E-state index in [0.717, 1.165) is 22.4 Å². The van der Waals surface area contributed by atoms with E-state index in [4.69, 9.17) is 4.74 Å². The molecule has 0 saturated carbocycles. The van der Waals surface area contributed by atoms with Crippen LogP contribution in [0.3, 0.4) is 0 Å². The Hall–Kier alpha value is -5.09. The summed E-state index contributed by atoms with van der Waals surface area (Å²) in [7, 11) is 0. The molecule has 0 spiro atoms. The maximum Gasteiger partial charge on any atom is 0.338 e. The van der Waals surface area contributed by atoms with E-state index in [1.807, 2.05) is 60.7 Å². The van der Waals surface area contributed by atoms with Crippen LogP contribution in [0.25, 0.3) is 23.0 Å². The van der Waals surface area contributed by atoms with Crippen molar-refractivity contribution in [1.82, 2.24) is 19.6 Å². The highest BCUT2D eigenvalue weighted by molar-refractivity contribution is 7.07. The van der Waals surface area contributed by atoms with Crippen molar-refractivity contribution < 1.29 is 14.6 Å². The molecule has 0 bridgehead atoms. The summed E-state index contributed by atoms with van der Waals surface area (Å²) in [5.41, 5.74) is 4.21. The van der Waals surface area contributed by atoms with Crippen LogP contribution in [0.5, 0.6) is 5.75 Å². The molecule has 1 N–H and O–H groups in total. The van der Waals surface area contributed by atoms with Crippen molar-refractivity contribution in [3.05, 3.63) is 127 Å². The molecule has 9 nitrogen and oxygen atoms in total. The van der Waals surface area contributed by atoms with Gasteiger partial charge >= 0.3 is 5.97 Å². The number of carbonyl (C=O) groups is 1. The summed E-state index contributed by atoms with van der Waals surface area (Å²) in [6.45, 7) is 3.73. The van der Waals surface area contributed by atoms with E-state index in [-0.39, 0.29) is 17.9 Å². The number of rotatable bonds is 6. The topological polar surface area (TPSA) is 112 Å². The number of hydrogen-bond donors (Lipinski definition) is 1. The third kappa shape index (κ3) is 4.89. The van der Waals surface area contributed by atoms with Gasteiger partial charge in [0.05, 0.1) is 40.3 Å². The van der Waals surface area contributed by atoms with Crippen LogP contribution in [0.2, 0.25) is 0 Å². The number of thiazole rings is 1. The Morgan fingerprint density at radius 1 is 1.07 bits per heavy atom. The second-order valence-corrected chi connectivity index (χ2v) is 10.4. The maximum absolute atomic E-state index is 14.0. The van der Waals surface area contributed by atoms with Gasteiger partial charge in [0.15, 0.2) is 4.80 Å². The Morgan fingerprint density at radius 2 is 1.85 bits per heavy atom. The van der Waals surface area contributed by atoms with Crippen LogP contribution in [-0.2, 0) is 9.53 Å². The van der Waals surface area contributed by atoms with Crippen molar-refractivity contribution in [3.8, 4) is 22.7 Å². The molecule has 0 radical (unpaired) electrons. The van der Waals surface area contributed by atoms with Crippen LogP contribution in [0, 0.1) is 0 Å². The molecule has 2 aromatic heterocycles. The van der Waals surface area contributed by atoms with Crippen LogP contribution in [0.1, 0.15) is 31.0 Å². The van der Waals surface area contributed by atoms with E-state index in [1.54, 1.807) is 53.6 Å². The average molecular weight is 564 g/mol. The summed E-state index contributed by atoms with van der Waals surface area (Å²) in [5.74, 6) is -0.348. The highest BCUT2D eigenvalue weighted by atomic mass is 32.1. The van der Waals surface area contributed by atoms with Crippen molar-refractivity contribution in [1.29, 1.82) is 0 Å². The van der Waals surface area contributed by atoms with Gasteiger partial charge in [-0.05, 0) is 43.7 Å². The predicted molar refractivity (Wildman–Crippen MR) is 155 cm³/mol. The third-order valence-electron chi connectivity index (χ3n) is 6.74. The smallest absolute Gasteiger partial charge is 0.338 e. The number of aromatic nitrogens is 4. The van der Waals surface area contributed by atoms with Crippen molar-refractivity contribution in [2.75, 3.05) is 6.61 Å². The highest BCUT2D eigenvalue weighted by Crippen LogP contribution is 2.30. The average Bonchev–Trinajstić information content (AvgIpc) is 3.58. The van der Waals surface area contributed by atoms with Gasteiger partial charge < -0.3 is 9.84 Å². The lowest BCUT2D eigenvalue weighted by Gasteiger charge is -2.24. The number of ether oxygens (including phenoxy) is 1. The lowest BCUT2D eigenvalue weighted by molar-refractivity contribution is -0.139. The number of benzene rings is 3. The molecule has 1 unspecified atom stereocenters. The SMILES string of the molecule is CCOC(=O)C1=C(C)N=c2s/c(=C\c3ccccc3-n3cc(-c4cccc(O)c4)nn3)c(=O)n2C1c1ccccc1. The number of allylic oxidation sites excluding steroid dienone is 1. The van der Waals surface area contributed by atoms with Gasteiger partial charge in [-0.1, -0.05) is 77.2 Å². The molecular weight excluding hydrogens is 538 g/mol. The molecule has 0 aliphatic carbocycles. The second kappa shape index (κ2) is 10.8. The Kier molecular flexibility index (Phi) is 6.90. The number of phenolic OH excluding ortho intramolecular Hbond substituents is 1. The zero-order valence-electron chi connectivity index (χ0n) is 22.3. The first-order valence-corrected chi connectivity index (χ1v) is 13.8. The molecule has 1 aliphatic heterocycles. The van der Waals surface area contributed by atoms with Crippen LogP contribution in [0.15, 0.2) is 106 Å². The molecule has 1 aliphatic rings. The van der Waals surface area contributed by atoms with Gasteiger partial charge in [-0.25, -0.2) is 14.5 Å². The summed E-state index contributed by atoms with van der Waals surface area (Å²) in [6.07, 6.45) is 3.58. The Balaban J connectivity index is 1.48. The van der Waals surface area contributed by atoms with Gasteiger partial charge in [0.25, 0.3) is 5.56 Å². The van der Waals surface area contributed by atoms with E-state index in [1.165, 1.54) is 11.3 Å². The highest BCUT2D eigenvalue weighted by Gasteiger charge is 2.33. The zero-order valence-corrected chi connectivity index (χ0v) is 23.1. The first kappa shape index (κ1) is 26.1. The van der Waals surface area contributed by atoms with Gasteiger partial charge in [-0.2, -0.15) is 0 Å². The summed E-state index contributed by atoms with van der Waals surface area (Å²) < 4.78 is 9.03. The number of aromatic hydroxyl groups is 1. The fraction of sp³-hybridized carbons (Fsp3) is 0.129. The predicted octanol–water partition coefficient (Wildman–Crippen LogP) is 3.75. The van der Waals surface area contributed by atoms with Gasteiger partial charge in [-0.15, -0.1) is 5.10 Å². The minimum Gasteiger partial charge on any atom is -0.508 e. The van der Waals surface area contributed by atoms with Crippen molar-refractivity contribution in [2.24, 2.45) is 4.99 Å². The molecule has 41 heavy (non-hydrogen) atoms. The fourth-order valence-corrected chi connectivity index (χ4v) is 5.92. The number of esters is 1. The monoisotopic (exact) mass is 563 g/mol. The summed E-state index contributed by atoms with van der Waals surface area (Å²) >= 11 is 1.26. The second-order valence-electron chi connectivity index (χ2n) is 9.37. The molecule has 204 valence electrons. The van der Waals surface area contributed by atoms with E-state index in [9.17, 15) is 14.7 Å². The van der Waals surface area contributed by atoms with E-state index in [0.29, 0.717) is 26.3 Å². The Bertz CT molecular complexity index is 1990. The largest absolute Gasteiger partial charge is 0.508 e. The van der Waals surface area contributed by atoms with Gasteiger partial charge in [0.1, 0.15) is 11.4 Å². The fourth-order valence-electron chi connectivity index (χ4n) is 4.88. The van der Waals surface area contributed by atoms with Crippen LogP contribution in [-0.4, -0.2) is 37.2 Å². The molecule has 6 rings (SSSR count). The Morgan fingerprint density at radius 3 is 2.63 bits per heavy atom. The minimum atomic E-state index is -0.663. The standard InChI is InChI=1S/C31H25N5O4S/c1-3-40-30(39)27-19(2)32-31-36(28(27)20-10-5-4-6-11-20)29(38)26(41-31)17-22-12-7-8-15-25(22)35-18-24(33-34-35)21-13-9-14-23(37)16-21/h4-18,28,37H,3H2,1-2H3/b26-17-. The number of hydrogen-bond acceptors (Lipinski definition) is 8. The van der Waals surface area contributed by atoms with Gasteiger partial charge in [0, 0.05) is 11.1 Å². The number of para-hydroxylation sites is 1. The third-order valence-corrected chi connectivity index (χ3v) is 7.72.